The van der Waals surface area contributed by atoms with Crippen LogP contribution in [0, 0.1) is 20.2 Å². The summed E-state index contributed by atoms with van der Waals surface area (Å²) in [6.45, 7) is 0. The summed E-state index contributed by atoms with van der Waals surface area (Å²) < 4.78 is 5.18. The van der Waals surface area contributed by atoms with E-state index in [4.69, 9.17) is 4.74 Å². The summed E-state index contributed by atoms with van der Waals surface area (Å²) in [5, 5.41) is 23.3. The summed E-state index contributed by atoms with van der Waals surface area (Å²) >= 11 is 0. The van der Waals surface area contributed by atoms with Gasteiger partial charge < -0.3 is 4.74 Å². The van der Waals surface area contributed by atoms with E-state index in [-0.39, 0.29) is 11.4 Å². The first-order chi connectivity index (χ1) is 9.54. The molecule has 0 fully saturated rings. The molecular weight excluding hydrogens is 266 g/mol. The van der Waals surface area contributed by atoms with Gasteiger partial charge in [0.25, 0.3) is 0 Å². The SMILES string of the molecule is COc1ccccc1[C@@H]1[NH2+]C=C([N+](=O)[O-])C=C1[N+](=O)[O-]. The van der Waals surface area contributed by atoms with E-state index in [9.17, 15) is 20.2 Å². The van der Waals surface area contributed by atoms with Crippen molar-refractivity contribution in [3.63, 3.8) is 0 Å². The zero-order chi connectivity index (χ0) is 14.7. The molecule has 0 amide bonds. The molecule has 0 saturated heterocycles. The standard InChI is InChI=1S/C12H11N3O5/c1-20-11-5-3-2-4-9(11)12-10(15(18)19)6-8(7-13-12)14(16)17/h2-7,12-13H,1H3/p+1/t12-/m0/s1. The van der Waals surface area contributed by atoms with Crippen molar-refractivity contribution >= 4 is 0 Å². The normalized spacial score (nSPS) is 17.9. The molecule has 0 bridgehead atoms. The van der Waals surface area contributed by atoms with Crippen molar-refractivity contribution in [2.45, 2.75) is 6.04 Å². The largest absolute Gasteiger partial charge is 0.496 e. The van der Waals surface area contributed by atoms with Crippen molar-refractivity contribution in [3.8, 4) is 5.75 Å². The second kappa shape index (κ2) is 5.49. The molecule has 20 heavy (non-hydrogen) atoms. The van der Waals surface area contributed by atoms with Gasteiger partial charge in [0.05, 0.1) is 22.5 Å². The number of ether oxygens (including phenoxy) is 1. The Balaban J connectivity index is 2.46. The second-order valence-corrected chi connectivity index (χ2v) is 4.09. The predicted molar refractivity (Wildman–Crippen MR) is 67.8 cm³/mol. The van der Waals surface area contributed by atoms with Crippen molar-refractivity contribution in [3.05, 3.63) is 73.7 Å². The van der Waals surface area contributed by atoms with Gasteiger partial charge >= 0.3 is 11.4 Å². The van der Waals surface area contributed by atoms with Gasteiger partial charge in [0, 0.05) is 0 Å². The van der Waals surface area contributed by atoms with Gasteiger partial charge in [0.15, 0.2) is 6.20 Å². The summed E-state index contributed by atoms with van der Waals surface area (Å²) in [7, 11) is 1.47. The molecule has 1 aromatic rings. The van der Waals surface area contributed by atoms with Crippen LogP contribution >= 0.6 is 0 Å². The van der Waals surface area contributed by atoms with Crippen molar-refractivity contribution in [1.82, 2.24) is 0 Å². The van der Waals surface area contributed by atoms with Gasteiger partial charge in [-0.2, -0.15) is 0 Å². The fraction of sp³-hybridized carbons (Fsp3) is 0.167. The highest BCUT2D eigenvalue weighted by atomic mass is 16.6. The summed E-state index contributed by atoms with van der Waals surface area (Å²) in [4.78, 5) is 20.6. The first kappa shape index (κ1) is 13.7. The summed E-state index contributed by atoms with van der Waals surface area (Å²) in [5.74, 6) is 0.499. The first-order valence-electron chi connectivity index (χ1n) is 5.73. The van der Waals surface area contributed by atoms with Crippen LogP contribution in [-0.2, 0) is 0 Å². The molecule has 1 atom stereocenters. The molecule has 0 aliphatic carbocycles. The van der Waals surface area contributed by atoms with E-state index >= 15 is 0 Å². The Morgan fingerprint density at radius 2 is 1.90 bits per heavy atom. The van der Waals surface area contributed by atoms with Crippen LogP contribution in [-0.4, -0.2) is 17.0 Å². The number of nitro groups is 2. The number of nitrogens with two attached hydrogens (primary N) is 1. The van der Waals surface area contributed by atoms with Gasteiger partial charge in [-0.25, -0.2) is 0 Å². The number of nitrogens with zero attached hydrogens (tertiary/aromatic N) is 2. The molecule has 0 unspecified atom stereocenters. The van der Waals surface area contributed by atoms with E-state index in [2.05, 4.69) is 0 Å². The Bertz CT molecular complexity index is 623. The highest BCUT2D eigenvalue weighted by molar-refractivity contribution is 5.39. The maximum Gasteiger partial charge on any atom is 0.328 e. The second-order valence-electron chi connectivity index (χ2n) is 4.09. The number of allylic oxidation sites excluding steroid dienone is 1. The first-order valence-corrected chi connectivity index (χ1v) is 5.73. The van der Waals surface area contributed by atoms with E-state index < -0.39 is 15.9 Å². The van der Waals surface area contributed by atoms with E-state index in [0.29, 0.717) is 11.3 Å². The van der Waals surface area contributed by atoms with Crippen LogP contribution in [0.3, 0.4) is 0 Å². The number of benzene rings is 1. The molecule has 1 aliphatic heterocycles. The molecule has 0 spiro atoms. The lowest BCUT2D eigenvalue weighted by atomic mass is 10.0. The molecule has 0 aromatic heterocycles. The quantitative estimate of drug-likeness (QED) is 0.640. The predicted octanol–water partition coefficient (Wildman–Crippen LogP) is 0.592. The summed E-state index contributed by atoms with van der Waals surface area (Å²) in [6, 6.07) is 6.19. The molecule has 8 heteroatoms. The lowest BCUT2D eigenvalue weighted by Gasteiger charge is -2.16. The molecule has 2 rings (SSSR count). The highest BCUT2D eigenvalue weighted by Crippen LogP contribution is 2.29. The third-order valence-electron chi connectivity index (χ3n) is 2.97. The van der Waals surface area contributed by atoms with Crippen molar-refractivity contribution in [2.24, 2.45) is 0 Å². The van der Waals surface area contributed by atoms with Gasteiger partial charge in [0.2, 0.25) is 6.04 Å². The lowest BCUT2D eigenvalue weighted by Crippen LogP contribution is -2.81. The topological polar surface area (TPSA) is 112 Å². The summed E-state index contributed by atoms with van der Waals surface area (Å²) in [6.07, 6.45) is 2.25. The molecule has 8 nitrogen and oxygen atoms in total. The van der Waals surface area contributed by atoms with Crippen molar-refractivity contribution in [1.29, 1.82) is 0 Å². The number of quaternary nitrogens is 1. The zero-order valence-corrected chi connectivity index (χ0v) is 10.6. The average molecular weight is 278 g/mol. The highest BCUT2D eigenvalue weighted by Gasteiger charge is 2.37. The van der Waals surface area contributed by atoms with E-state index in [1.807, 2.05) is 0 Å². The lowest BCUT2D eigenvalue weighted by molar-refractivity contribution is -0.656. The van der Waals surface area contributed by atoms with Crippen molar-refractivity contribution in [2.75, 3.05) is 7.11 Å². The van der Waals surface area contributed by atoms with Crippen LogP contribution in [0.25, 0.3) is 0 Å². The van der Waals surface area contributed by atoms with Crippen molar-refractivity contribution < 1.29 is 19.9 Å². The molecular formula is C12H12N3O5+. The van der Waals surface area contributed by atoms with E-state index in [1.165, 1.54) is 18.6 Å². The van der Waals surface area contributed by atoms with Gasteiger partial charge in [-0.1, -0.05) is 12.1 Å². The van der Waals surface area contributed by atoms with Crippen LogP contribution in [0.1, 0.15) is 11.6 Å². The molecule has 1 heterocycles. The number of para-hydroxylation sites is 1. The van der Waals surface area contributed by atoms with E-state index in [1.54, 1.807) is 24.3 Å². The number of hydrogen-bond donors (Lipinski definition) is 1. The Morgan fingerprint density at radius 3 is 2.50 bits per heavy atom. The fourth-order valence-electron chi connectivity index (χ4n) is 2.05. The Morgan fingerprint density at radius 1 is 1.20 bits per heavy atom. The van der Waals surface area contributed by atoms with Gasteiger partial charge in [0.1, 0.15) is 11.8 Å². The third kappa shape index (κ3) is 2.50. The molecule has 1 aliphatic rings. The molecule has 0 saturated carbocycles. The van der Waals surface area contributed by atoms with Crippen LogP contribution < -0.4 is 10.1 Å². The van der Waals surface area contributed by atoms with Gasteiger partial charge in [-0.3, -0.25) is 25.5 Å². The fourth-order valence-corrected chi connectivity index (χ4v) is 2.05. The van der Waals surface area contributed by atoms with Gasteiger partial charge in [-0.05, 0) is 12.1 Å². The number of hydrogen-bond acceptors (Lipinski definition) is 5. The average Bonchev–Trinajstić information content (AvgIpc) is 2.46. The maximum absolute atomic E-state index is 11.1. The Kier molecular flexibility index (Phi) is 3.76. The zero-order valence-electron chi connectivity index (χ0n) is 10.6. The molecule has 104 valence electrons. The van der Waals surface area contributed by atoms with Crippen LogP contribution in [0.5, 0.6) is 5.75 Å². The maximum atomic E-state index is 11.1. The minimum Gasteiger partial charge on any atom is -0.496 e. The molecule has 1 aromatic carbocycles. The minimum absolute atomic E-state index is 0.247. The Labute approximate surface area is 113 Å². The van der Waals surface area contributed by atoms with Crippen LogP contribution in [0.4, 0.5) is 0 Å². The monoisotopic (exact) mass is 278 g/mol. The van der Waals surface area contributed by atoms with Crippen LogP contribution in [0.2, 0.25) is 0 Å². The van der Waals surface area contributed by atoms with E-state index in [0.717, 1.165) is 6.08 Å². The number of methoxy groups -OCH3 is 1. The minimum atomic E-state index is -0.676. The summed E-state index contributed by atoms with van der Waals surface area (Å²) in [5.41, 5.74) is 0.0446. The van der Waals surface area contributed by atoms with Gasteiger partial charge in [-0.15, -0.1) is 0 Å². The smallest absolute Gasteiger partial charge is 0.328 e. The van der Waals surface area contributed by atoms with Crippen LogP contribution in [0.15, 0.2) is 47.9 Å². The number of rotatable bonds is 4. The third-order valence-corrected chi connectivity index (χ3v) is 2.97. The molecule has 2 N–H and O–H groups in total. The Hall–Kier alpha value is -2.74. The molecule has 0 radical (unpaired) electrons.